The summed E-state index contributed by atoms with van der Waals surface area (Å²) in [7, 11) is 0. The molecule has 0 saturated heterocycles. The van der Waals surface area contributed by atoms with Gasteiger partial charge < -0.3 is 10.0 Å². The number of rotatable bonds is 5. The van der Waals surface area contributed by atoms with E-state index in [0.29, 0.717) is 5.92 Å². The molecular weight excluding hydrogens is 234 g/mol. The molecule has 0 amide bonds. The highest BCUT2D eigenvalue weighted by Gasteiger charge is 2.31. The Morgan fingerprint density at radius 3 is 2.37 bits per heavy atom. The monoisotopic (exact) mass is 267 g/mol. The second kappa shape index (κ2) is 7.64. The van der Waals surface area contributed by atoms with Crippen LogP contribution < -0.4 is 0 Å². The fraction of sp³-hybridized carbons (Fsp3) is 1.00. The maximum atomic E-state index is 10.3. The van der Waals surface area contributed by atoms with Crippen LogP contribution in [0.2, 0.25) is 0 Å². The molecule has 1 N–H and O–H groups in total. The van der Waals surface area contributed by atoms with Crippen LogP contribution in [0, 0.1) is 11.8 Å². The molecule has 2 rings (SSSR count). The van der Waals surface area contributed by atoms with Crippen molar-refractivity contribution in [1.82, 2.24) is 4.90 Å². The lowest BCUT2D eigenvalue weighted by atomic mass is 9.77. The first-order valence-electron chi connectivity index (χ1n) is 8.66. The lowest BCUT2D eigenvalue weighted by molar-refractivity contribution is 0.0153. The summed E-state index contributed by atoms with van der Waals surface area (Å²) in [5, 5.41) is 10.3. The summed E-state index contributed by atoms with van der Waals surface area (Å²) in [4.78, 5) is 2.67. The highest BCUT2D eigenvalue weighted by molar-refractivity contribution is 4.84. The molecule has 0 bridgehead atoms. The lowest BCUT2D eigenvalue weighted by Gasteiger charge is -2.40. The van der Waals surface area contributed by atoms with E-state index >= 15 is 0 Å². The molecule has 0 aromatic rings. The number of hydrogen-bond donors (Lipinski definition) is 1. The normalized spacial score (nSPS) is 33.8. The Labute approximate surface area is 119 Å². The zero-order valence-corrected chi connectivity index (χ0v) is 13.0. The Hall–Kier alpha value is -0.0800. The Kier molecular flexibility index (Phi) is 6.15. The van der Waals surface area contributed by atoms with Crippen molar-refractivity contribution in [2.75, 3.05) is 13.1 Å². The molecule has 0 spiro atoms. The number of aliphatic hydroxyl groups excluding tert-OH is 1. The van der Waals surface area contributed by atoms with E-state index < -0.39 is 0 Å². The summed E-state index contributed by atoms with van der Waals surface area (Å²) in [6.07, 6.45) is 11.8. The van der Waals surface area contributed by atoms with Crippen LogP contribution in [0.15, 0.2) is 0 Å². The van der Waals surface area contributed by atoms with Gasteiger partial charge in [-0.25, -0.2) is 0 Å². The SMILES string of the molecule is CCC1CCC(O)C(CN(CC)C2CCCCC2)C1. The molecular formula is C17H33NO. The maximum Gasteiger partial charge on any atom is 0.0580 e. The van der Waals surface area contributed by atoms with Crippen LogP contribution in [0.1, 0.15) is 71.6 Å². The fourth-order valence-electron chi connectivity index (χ4n) is 4.20. The number of aliphatic hydroxyl groups is 1. The summed E-state index contributed by atoms with van der Waals surface area (Å²) in [5.74, 6) is 1.39. The molecule has 0 aromatic heterocycles. The lowest BCUT2D eigenvalue weighted by Crippen LogP contribution is -2.44. The van der Waals surface area contributed by atoms with E-state index in [1.807, 2.05) is 0 Å². The molecule has 0 aromatic carbocycles. The summed E-state index contributed by atoms with van der Waals surface area (Å²) < 4.78 is 0. The highest BCUT2D eigenvalue weighted by Crippen LogP contribution is 2.33. The van der Waals surface area contributed by atoms with Crippen molar-refractivity contribution in [1.29, 1.82) is 0 Å². The molecule has 2 fully saturated rings. The molecule has 2 aliphatic rings. The average Bonchev–Trinajstić information content (AvgIpc) is 2.47. The fourth-order valence-corrected chi connectivity index (χ4v) is 4.20. The molecule has 3 unspecified atom stereocenters. The summed E-state index contributed by atoms with van der Waals surface area (Å²) in [6, 6.07) is 0.799. The summed E-state index contributed by atoms with van der Waals surface area (Å²) >= 11 is 0. The average molecular weight is 267 g/mol. The van der Waals surface area contributed by atoms with Crippen LogP contribution in [0.25, 0.3) is 0 Å². The predicted molar refractivity (Wildman–Crippen MR) is 81.2 cm³/mol. The van der Waals surface area contributed by atoms with E-state index in [1.165, 1.54) is 51.4 Å². The Bertz CT molecular complexity index is 250. The van der Waals surface area contributed by atoms with Crippen LogP contribution in [0.5, 0.6) is 0 Å². The van der Waals surface area contributed by atoms with Gasteiger partial charge in [-0.3, -0.25) is 0 Å². The van der Waals surface area contributed by atoms with Crippen molar-refractivity contribution in [3.05, 3.63) is 0 Å². The standard InChI is InChI=1S/C17H33NO/c1-3-14-10-11-17(19)15(12-14)13-18(4-2)16-8-6-5-7-9-16/h14-17,19H,3-13H2,1-2H3. The van der Waals surface area contributed by atoms with Crippen LogP contribution in [0.4, 0.5) is 0 Å². The number of hydrogen-bond acceptors (Lipinski definition) is 2. The van der Waals surface area contributed by atoms with Gasteiger partial charge in [-0.05, 0) is 50.5 Å². The minimum absolute atomic E-state index is 0.0413. The first kappa shape index (κ1) is 15.3. The smallest absolute Gasteiger partial charge is 0.0580 e. The van der Waals surface area contributed by atoms with E-state index in [0.717, 1.165) is 31.5 Å². The molecule has 112 valence electrons. The first-order chi connectivity index (χ1) is 9.24. The molecule has 0 heterocycles. The van der Waals surface area contributed by atoms with Gasteiger partial charge in [0.2, 0.25) is 0 Å². The van der Waals surface area contributed by atoms with Gasteiger partial charge in [-0.2, -0.15) is 0 Å². The van der Waals surface area contributed by atoms with Crippen molar-refractivity contribution in [2.45, 2.75) is 83.8 Å². The maximum absolute atomic E-state index is 10.3. The van der Waals surface area contributed by atoms with Gasteiger partial charge in [-0.15, -0.1) is 0 Å². The van der Waals surface area contributed by atoms with Crippen molar-refractivity contribution >= 4 is 0 Å². The van der Waals surface area contributed by atoms with Crippen LogP contribution in [0.3, 0.4) is 0 Å². The third-order valence-corrected chi connectivity index (χ3v) is 5.59. The van der Waals surface area contributed by atoms with Crippen molar-refractivity contribution in [3.8, 4) is 0 Å². The first-order valence-corrected chi connectivity index (χ1v) is 8.66. The largest absolute Gasteiger partial charge is 0.393 e. The highest BCUT2D eigenvalue weighted by atomic mass is 16.3. The van der Waals surface area contributed by atoms with Crippen LogP contribution >= 0.6 is 0 Å². The molecule has 2 heteroatoms. The van der Waals surface area contributed by atoms with E-state index in [4.69, 9.17) is 0 Å². The van der Waals surface area contributed by atoms with Gasteiger partial charge >= 0.3 is 0 Å². The van der Waals surface area contributed by atoms with Gasteiger partial charge in [0.05, 0.1) is 6.10 Å². The van der Waals surface area contributed by atoms with Gasteiger partial charge in [0, 0.05) is 12.6 Å². The second-order valence-corrected chi connectivity index (χ2v) is 6.79. The predicted octanol–water partition coefficient (Wildman–Crippen LogP) is 3.83. The summed E-state index contributed by atoms with van der Waals surface area (Å²) in [6.45, 7) is 6.89. The second-order valence-electron chi connectivity index (χ2n) is 6.79. The zero-order valence-electron chi connectivity index (χ0n) is 13.0. The zero-order chi connectivity index (χ0) is 13.7. The topological polar surface area (TPSA) is 23.5 Å². The van der Waals surface area contributed by atoms with Crippen molar-refractivity contribution < 1.29 is 5.11 Å². The van der Waals surface area contributed by atoms with E-state index in [9.17, 15) is 5.11 Å². The Morgan fingerprint density at radius 2 is 1.74 bits per heavy atom. The quantitative estimate of drug-likeness (QED) is 0.818. The molecule has 2 saturated carbocycles. The Balaban J connectivity index is 1.88. The molecule has 2 aliphatic carbocycles. The van der Waals surface area contributed by atoms with Crippen molar-refractivity contribution in [2.24, 2.45) is 11.8 Å². The van der Waals surface area contributed by atoms with Gasteiger partial charge in [-0.1, -0.05) is 39.5 Å². The van der Waals surface area contributed by atoms with Gasteiger partial charge in [0.25, 0.3) is 0 Å². The molecule has 3 atom stereocenters. The van der Waals surface area contributed by atoms with Gasteiger partial charge in [0.15, 0.2) is 0 Å². The van der Waals surface area contributed by atoms with E-state index in [2.05, 4.69) is 18.7 Å². The molecule has 19 heavy (non-hydrogen) atoms. The van der Waals surface area contributed by atoms with Crippen LogP contribution in [-0.4, -0.2) is 35.2 Å². The van der Waals surface area contributed by atoms with Gasteiger partial charge in [0.1, 0.15) is 0 Å². The van der Waals surface area contributed by atoms with Crippen molar-refractivity contribution in [3.63, 3.8) is 0 Å². The van der Waals surface area contributed by atoms with Crippen LogP contribution in [-0.2, 0) is 0 Å². The third kappa shape index (κ3) is 4.19. The Morgan fingerprint density at radius 1 is 1.00 bits per heavy atom. The number of nitrogens with zero attached hydrogens (tertiary/aromatic N) is 1. The summed E-state index contributed by atoms with van der Waals surface area (Å²) in [5.41, 5.74) is 0. The molecule has 2 nitrogen and oxygen atoms in total. The third-order valence-electron chi connectivity index (χ3n) is 5.59. The minimum Gasteiger partial charge on any atom is -0.393 e. The molecule has 0 radical (unpaired) electrons. The molecule has 0 aliphatic heterocycles. The minimum atomic E-state index is -0.0413. The van der Waals surface area contributed by atoms with E-state index in [-0.39, 0.29) is 6.10 Å². The van der Waals surface area contributed by atoms with E-state index in [1.54, 1.807) is 0 Å².